The number of thiophene rings is 2. The molecular weight excluding hydrogens is 424 g/mol. The first-order chi connectivity index (χ1) is 14.1. The van der Waals surface area contributed by atoms with Gasteiger partial charge in [-0.25, -0.2) is 13.1 Å². The highest BCUT2D eigenvalue weighted by molar-refractivity contribution is 7.89. The van der Waals surface area contributed by atoms with E-state index in [0.717, 1.165) is 26.7 Å². The Morgan fingerprint density at radius 1 is 1.03 bits per heavy atom. The minimum Gasteiger partial charge on any atom is -0.276 e. The largest absolute Gasteiger partial charge is 0.276 e. The first-order valence-electron chi connectivity index (χ1n) is 8.74. The topological polar surface area (TPSA) is 98.6 Å². The summed E-state index contributed by atoms with van der Waals surface area (Å²) in [6.07, 6.45) is 0.463. The fraction of sp³-hybridized carbons (Fsp3) is 0.100. The second-order valence-corrected chi connectivity index (χ2v) is 9.77. The zero-order chi connectivity index (χ0) is 20.3. The summed E-state index contributed by atoms with van der Waals surface area (Å²) in [5.41, 5.74) is 2.83. The van der Waals surface area contributed by atoms with Crippen LogP contribution in [0.4, 0.5) is 0 Å². The summed E-state index contributed by atoms with van der Waals surface area (Å²) in [6.45, 7) is 0.193. The van der Waals surface area contributed by atoms with Crippen molar-refractivity contribution in [2.75, 3.05) is 6.54 Å². The summed E-state index contributed by atoms with van der Waals surface area (Å²) in [5, 5.41) is 20.8. The van der Waals surface area contributed by atoms with Gasteiger partial charge in [0.1, 0.15) is 11.8 Å². The average Bonchev–Trinajstić information content (AvgIpc) is 3.48. The molecule has 0 fully saturated rings. The van der Waals surface area contributed by atoms with Gasteiger partial charge in [-0.2, -0.15) is 10.4 Å². The number of hydrogen-bond donors (Lipinski definition) is 2. The zero-order valence-electron chi connectivity index (χ0n) is 15.1. The number of sulfonamides is 1. The molecule has 2 N–H and O–H groups in total. The van der Waals surface area contributed by atoms with Crippen molar-refractivity contribution < 1.29 is 8.42 Å². The predicted molar refractivity (Wildman–Crippen MR) is 115 cm³/mol. The van der Waals surface area contributed by atoms with E-state index in [2.05, 4.69) is 14.9 Å². The smallest absolute Gasteiger partial charge is 0.241 e. The number of aromatic amines is 1. The zero-order valence-corrected chi connectivity index (χ0v) is 17.6. The van der Waals surface area contributed by atoms with Crippen LogP contribution in [0.5, 0.6) is 0 Å². The van der Waals surface area contributed by atoms with Crippen LogP contribution in [0.1, 0.15) is 11.1 Å². The van der Waals surface area contributed by atoms with E-state index in [0.29, 0.717) is 6.42 Å². The number of nitriles is 1. The van der Waals surface area contributed by atoms with E-state index in [9.17, 15) is 13.7 Å². The molecule has 0 radical (unpaired) electrons. The summed E-state index contributed by atoms with van der Waals surface area (Å²) in [6, 6.07) is 16.0. The molecule has 0 atom stereocenters. The molecule has 0 aliphatic rings. The van der Waals surface area contributed by atoms with Crippen molar-refractivity contribution in [3.63, 3.8) is 0 Å². The molecule has 146 valence electrons. The minimum atomic E-state index is -3.79. The quantitative estimate of drug-likeness (QED) is 0.449. The van der Waals surface area contributed by atoms with Gasteiger partial charge in [-0.05, 0) is 41.4 Å². The maximum atomic E-state index is 12.7. The highest BCUT2D eigenvalue weighted by atomic mass is 32.2. The number of aromatic nitrogens is 2. The molecule has 9 heteroatoms. The van der Waals surface area contributed by atoms with Crippen LogP contribution in [-0.4, -0.2) is 25.2 Å². The summed E-state index contributed by atoms with van der Waals surface area (Å²) < 4.78 is 28.0. The Morgan fingerprint density at radius 2 is 1.76 bits per heavy atom. The highest BCUT2D eigenvalue weighted by Crippen LogP contribution is 2.34. The minimum absolute atomic E-state index is 0.00773. The Labute approximate surface area is 176 Å². The molecule has 0 saturated heterocycles. The lowest BCUT2D eigenvalue weighted by Gasteiger charge is -2.09. The number of benzene rings is 1. The fourth-order valence-electron chi connectivity index (χ4n) is 3.03. The van der Waals surface area contributed by atoms with Crippen LogP contribution in [0.3, 0.4) is 0 Å². The summed E-state index contributed by atoms with van der Waals surface area (Å²) in [4.78, 5) is 2.07. The van der Waals surface area contributed by atoms with Crippen molar-refractivity contribution >= 4 is 32.7 Å². The lowest BCUT2D eigenvalue weighted by Crippen LogP contribution is -2.26. The molecule has 4 rings (SSSR count). The molecule has 29 heavy (non-hydrogen) atoms. The molecule has 3 heterocycles. The monoisotopic (exact) mass is 440 g/mol. The normalized spacial score (nSPS) is 11.4. The number of rotatable bonds is 7. The van der Waals surface area contributed by atoms with Crippen molar-refractivity contribution in [2.24, 2.45) is 0 Å². The first kappa shape index (κ1) is 19.5. The fourth-order valence-corrected chi connectivity index (χ4v) is 5.71. The molecule has 0 saturated carbocycles. The Balaban J connectivity index is 1.60. The van der Waals surface area contributed by atoms with Gasteiger partial charge in [-0.1, -0.05) is 24.3 Å². The van der Waals surface area contributed by atoms with Gasteiger partial charge < -0.3 is 0 Å². The Morgan fingerprint density at radius 3 is 2.45 bits per heavy atom. The van der Waals surface area contributed by atoms with Gasteiger partial charge in [-0.15, -0.1) is 22.7 Å². The van der Waals surface area contributed by atoms with E-state index < -0.39 is 10.0 Å². The molecule has 6 nitrogen and oxygen atoms in total. The second-order valence-electron chi connectivity index (χ2n) is 6.14. The van der Waals surface area contributed by atoms with E-state index in [1.807, 2.05) is 41.1 Å². The third kappa shape index (κ3) is 4.02. The van der Waals surface area contributed by atoms with E-state index in [-0.39, 0.29) is 17.0 Å². The second kappa shape index (κ2) is 8.31. The van der Waals surface area contributed by atoms with E-state index in [1.54, 1.807) is 34.8 Å². The molecule has 0 amide bonds. The molecule has 0 aliphatic heterocycles. The van der Waals surface area contributed by atoms with Crippen molar-refractivity contribution in [1.29, 1.82) is 5.26 Å². The van der Waals surface area contributed by atoms with Crippen LogP contribution in [0.15, 0.2) is 64.2 Å². The Kier molecular flexibility index (Phi) is 5.60. The van der Waals surface area contributed by atoms with Crippen molar-refractivity contribution in [1.82, 2.24) is 14.9 Å². The standard InChI is InChI=1S/C20H16N4O2S3/c21-13-14-5-1-2-8-18(14)29(25,26)22-10-9-15-19(16-6-3-11-27-16)23-24-20(15)17-7-4-12-28-17/h1-8,11-12,22H,9-10H2,(H,23,24). The van der Waals surface area contributed by atoms with Crippen LogP contribution in [0.25, 0.3) is 21.1 Å². The van der Waals surface area contributed by atoms with Gasteiger partial charge in [0.05, 0.1) is 25.9 Å². The van der Waals surface area contributed by atoms with Crippen molar-refractivity contribution in [2.45, 2.75) is 11.3 Å². The predicted octanol–water partition coefficient (Wildman–Crippen LogP) is 4.26. The van der Waals surface area contributed by atoms with Gasteiger partial charge in [0, 0.05) is 12.1 Å². The first-order valence-corrected chi connectivity index (χ1v) is 12.0. The summed E-state index contributed by atoms with van der Waals surface area (Å²) in [7, 11) is -3.79. The van der Waals surface area contributed by atoms with Gasteiger partial charge >= 0.3 is 0 Å². The van der Waals surface area contributed by atoms with E-state index in [4.69, 9.17) is 0 Å². The third-order valence-electron chi connectivity index (χ3n) is 4.35. The van der Waals surface area contributed by atoms with Gasteiger partial charge in [0.2, 0.25) is 10.0 Å². The maximum absolute atomic E-state index is 12.7. The van der Waals surface area contributed by atoms with Gasteiger partial charge in [-0.3, -0.25) is 5.10 Å². The molecule has 1 aromatic carbocycles. The summed E-state index contributed by atoms with van der Waals surface area (Å²) in [5.74, 6) is 0. The SMILES string of the molecule is N#Cc1ccccc1S(=O)(=O)NCCc1c(-c2cccs2)n[nH]c1-c1cccs1. The number of nitrogens with zero attached hydrogens (tertiary/aromatic N) is 2. The molecule has 0 aliphatic carbocycles. The van der Waals surface area contributed by atoms with Gasteiger partial charge in [0.25, 0.3) is 0 Å². The van der Waals surface area contributed by atoms with Crippen LogP contribution in [-0.2, 0) is 16.4 Å². The van der Waals surface area contributed by atoms with Crippen LogP contribution >= 0.6 is 22.7 Å². The lowest BCUT2D eigenvalue weighted by molar-refractivity contribution is 0.581. The number of nitrogens with one attached hydrogen (secondary N) is 2. The Hall–Kier alpha value is -2.77. The average molecular weight is 441 g/mol. The van der Waals surface area contributed by atoms with Crippen molar-refractivity contribution in [3.05, 3.63) is 70.4 Å². The molecule has 0 bridgehead atoms. The molecule has 0 spiro atoms. The van der Waals surface area contributed by atoms with E-state index in [1.165, 1.54) is 12.1 Å². The molecule has 0 unspecified atom stereocenters. The Bertz CT molecular complexity index is 1200. The van der Waals surface area contributed by atoms with E-state index >= 15 is 0 Å². The maximum Gasteiger partial charge on any atom is 0.241 e. The third-order valence-corrected chi connectivity index (χ3v) is 7.64. The van der Waals surface area contributed by atoms with Crippen molar-refractivity contribution in [3.8, 4) is 27.2 Å². The number of hydrogen-bond acceptors (Lipinski definition) is 6. The van der Waals surface area contributed by atoms with Crippen LogP contribution in [0.2, 0.25) is 0 Å². The lowest BCUT2D eigenvalue weighted by atomic mass is 10.1. The summed E-state index contributed by atoms with van der Waals surface area (Å²) >= 11 is 3.19. The van der Waals surface area contributed by atoms with Crippen LogP contribution in [0, 0.1) is 11.3 Å². The molecule has 4 aromatic rings. The highest BCUT2D eigenvalue weighted by Gasteiger charge is 2.21. The van der Waals surface area contributed by atoms with Gasteiger partial charge in [0.15, 0.2) is 0 Å². The molecule has 3 aromatic heterocycles. The van der Waals surface area contributed by atoms with Crippen LogP contribution < -0.4 is 4.72 Å². The number of H-pyrrole nitrogens is 1. The molecular formula is C20H16N4O2S3.